The summed E-state index contributed by atoms with van der Waals surface area (Å²) in [5, 5.41) is 11.9. The molecule has 2 atom stereocenters. The normalized spacial score (nSPS) is 27.4. The molecule has 0 aromatic heterocycles. The van der Waals surface area contributed by atoms with Crippen molar-refractivity contribution in [3.8, 4) is 0 Å². The maximum Gasteiger partial charge on any atom is 0.317 e. The molecule has 0 aliphatic heterocycles. The molecule has 0 aromatic carbocycles. The van der Waals surface area contributed by atoms with Gasteiger partial charge in [-0.1, -0.05) is 12.8 Å². The van der Waals surface area contributed by atoms with Crippen molar-refractivity contribution in [2.45, 2.75) is 51.0 Å². The van der Waals surface area contributed by atoms with E-state index >= 15 is 0 Å². The van der Waals surface area contributed by atoms with Crippen LogP contribution in [0.3, 0.4) is 0 Å². The van der Waals surface area contributed by atoms with E-state index in [9.17, 15) is 9.59 Å². The summed E-state index contributed by atoms with van der Waals surface area (Å²) in [6, 6.07) is -0.0254. The highest BCUT2D eigenvalue weighted by atomic mass is 16.4. The molecule has 5 nitrogen and oxygen atoms in total. The lowest BCUT2D eigenvalue weighted by molar-refractivity contribution is -0.141. The van der Waals surface area contributed by atoms with Gasteiger partial charge in [0.25, 0.3) is 0 Å². The SMILES string of the molecule is CN(CC1CCCC1)C(=O)N[C@H]1CC[C@@H](C(=O)O)C1. The van der Waals surface area contributed by atoms with Crippen molar-refractivity contribution in [2.24, 2.45) is 11.8 Å². The van der Waals surface area contributed by atoms with Crippen molar-refractivity contribution in [3.05, 3.63) is 0 Å². The summed E-state index contributed by atoms with van der Waals surface area (Å²) in [5.41, 5.74) is 0. The number of hydrogen-bond acceptors (Lipinski definition) is 2. The van der Waals surface area contributed by atoms with Crippen LogP contribution in [0, 0.1) is 11.8 Å². The Morgan fingerprint density at radius 1 is 1.21 bits per heavy atom. The Labute approximate surface area is 114 Å². The number of carboxylic acid groups (broad SMARTS) is 1. The van der Waals surface area contributed by atoms with Crippen LogP contribution in [0.4, 0.5) is 4.79 Å². The van der Waals surface area contributed by atoms with Gasteiger partial charge in [0, 0.05) is 19.6 Å². The summed E-state index contributed by atoms with van der Waals surface area (Å²) in [5.74, 6) is -0.382. The van der Waals surface area contributed by atoms with Crippen LogP contribution in [0.15, 0.2) is 0 Å². The van der Waals surface area contributed by atoms with Crippen molar-refractivity contribution >= 4 is 12.0 Å². The summed E-state index contributed by atoms with van der Waals surface area (Å²) in [4.78, 5) is 24.7. The van der Waals surface area contributed by atoms with Gasteiger partial charge < -0.3 is 15.3 Å². The van der Waals surface area contributed by atoms with Gasteiger partial charge in [0.2, 0.25) is 0 Å². The number of rotatable bonds is 4. The summed E-state index contributed by atoms with van der Waals surface area (Å²) >= 11 is 0. The summed E-state index contributed by atoms with van der Waals surface area (Å²) in [7, 11) is 1.83. The van der Waals surface area contributed by atoms with E-state index in [2.05, 4.69) is 5.32 Å². The van der Waals surface area contributed by atoms with Crippen molar-refractivity contribution in [1.82, 2.24) is 10.2 Å². The average Bonchev–Trinajstić information content (AvgIpc) is 2.99. The molecular weight excluding hydrogens is 244 g/mol. The van der Waals surface area contributed by atoms with Crippen LogP contribution >= 0.6 is 0 Å². The standard InChI is InChI=1S/C14H24N2O3/c1-16(9-10-4-2-3-5-10)14(19)15-12-7-6-11(8-12)13(17)18/h10-12H,2-9H2,1H3,(H,15,19)(H,17,18)/t11-,12+/m1/s1. The van der Waals surface area contributed by atoms with Gasteiger partial charge in [0.1, 0.15) is 0 Å². The third-order valence-electron chi connectivity index (χ3n) is 4.46. The van der Waals surface area contributed by atoms with E-state index in [1.807, 2.05) is 7.05 Å². The fourth-order valence-corrected chi connectivity index (χ4v) is 3.28. The molecule has 0 bridgehead atoms. The highest BCUT2D eigenvalue weighted by molar-refractivity contribution is 5.75. The number of aliphatic carboxylic acids is 1. The van der Waals surface area contributed by atoms with Crippen molar-refractivity contribution < 1.29 is 14.7 Å². The van der Waals surface area contributed by atoms with Crippen LogP contribution in [0.2, 0.25) is 0 Å². The summed E-state index contributed by atoms with van der Waals surface area (Å²) in [6.45, 7) is 0.820. The fraction of sp³-hybridized carbons (Fsp3) is 0.857. The van der Waals surface area contributed by atoms with E-state index in [1.54, 1.807) is 4.90 Å². The second kappa shape index (κ2) is 6.26. The number of carboxylic acids is 1. The van der Waals surface area contributed by atoms with Gasteiger partial charge in [-0.3, -0.25) is 4.79 Å². The predicted molar refractivity (Wildman–Crippen MR) is 71.9 cm³/mol. The molecule has 0 heterocycles. The summed E-state index contributed by atoms with van der Waals surface area (Å²) < 4.78 is 0. The van der Waals surface area contributed by atoms with Gasteiger partial charge in [-0.2, -0.15) is 0 Å². The molecule has 108 valence electrons. The Bertz CT molecular complexity index is 340. The second-order valence-corrected chi connectivity index (χ2v) is 6.03. The van der Waals surface area contributed by atoms with E-state index in [-0.39, 0.29) is 18.0 Å². The van der Waals surface area contributed by atoms with Crippen LogP contribution < -0.4 is 5.32 Å². The number of hydrogen-bond donors (Lipinski definition) is 2. The van der Waals surface area contributed by atoms with Gasteiger partial charge >= 0.3 is 12.0 Å². The highest BCUT2D eigenvalue weighted by Gasteiger charge is 2.31. The van der Waals surface area contributed by atoms with E-state index in [1.165, 1.54) is 25.7 Å². The zero-order valence-corrected chi connectivity index (χ0v) is 11.6. The number of urea groups is 1. The molecule has 2 N–H and O–H groups in total. The average molecular weight is 268 g/mol. The number of nitrogens with zero attached hydrogens (tertiary/aromatic N) is 1. The zero-order chi connectivity index (χ0) is 13.8. The van der Waals surface area contributed by atoms with Crippen LogP contribution in [0.25, 0.3) is 0 Å². The Balaban J connectivity index is 1.73. The maximum absolute atomic E-state index is 12.0. The monoisotopic (exact) mass is 268 g/mol. The van der Waals surface area contributed by atoms with E-state index in [4.69, 9.17) is 5.11 Å². The lowest BCUT2D eigenvalue weighted by Crippen LogP contribution is -2.43. The van der Waals surface area contributed by atoms with Crippen LogP contribution in [-0.4, -0.2) is 41.6 Å². The minimum absolute atomic E-state index is 0.0274. The first-order valence-corrected chi connectivity index (χ1v) is 7.30. The van der Waals surface area contributed by atoms with Gasteiger partial charge in [-0.15, -0.1) is 0 Å². The van der Waals surface area contributed by atoms with Crippen molar-refractivity contribution in [1.29, 1.82) is 0 Å². The van der Waals surface area contributed by atoms with Crippen LogP contribution in [-0.2, 0) is 4.79 Å². The molecule has 2 saturated carbocycles. The lowest BCUT2D eigenvalue weighted by Gasteiger charge is -2.23. The maximum atomic E-state index is 12.0. The smallest absolute Gasteiger partial charge is 0.317 e. The highest BCUT2D eigenvalue weighted by Crippen LogP contribution is 2.27. The Kier molecular flexibility index (Phi) is 4.66. The number of amides is 2. The Hall–Kier alpha value is -1.26. The molecule has 2 amide bonds. The van der Waals surface area contributed by atoms with Crippen molar-refractivity contribution in [2.75, 3.05) is 13.6 Å². The summed E-state index contributed by atoms with van der Waals surface area (Å²) in [6.07, 6.45) is 7.03. The van der Waals surface area contributed by atoms with Crippen LogP contribution in [0.1, 0.15) is 44.9 Å². The molecule has 0 saturated heterocycles. The van der Waals surface area contributed by atoms with Gasteiger partial charge in [0.15, 0.2) is 0 Å². The van der Waals surface area contributed by atoms with Crippen LogP contribution in [0.5, 0.6) is 0 Å². The Morgan fingerprint density at radius 3 is 2.47 bits per heavy atom. The molecule has 2 aliphatic carbocycles. The van der Waals surface area contributed by atoms with Gasteiger partial charge in [-0.25, -0.2) is 4.79 Å². The van der Waals surface area contributed by atoms with Gasteiger partial charge in [0.05, 0.1) is 5.92 Å². The largest absolute Gasteiger partial charge is 0.481 e. The number of carbonyl (C=O) groups excluding carboxylic acids is 1. The lowest BCUT2D eigenvalue weighted by atomic mass is 10.1. The molecule has 19 heavy (non-hydrogen) atoms. The third kappa shape index (κ3) is 3.85. The predicted octanol–water partition coefficient (Wildman–Crippen LogP) is 2.07. The molecule has 2 rings (SSSR count). The molecule has 0 aromatic rings. The Morgan fingerprint density at radius 2 is 1.89 bits per heavy atom. The molecule has 0 unspecified atom stereocenters. The molecular formula is C14H24N2O3. The van der Waals surface area contributed by atoms with Gasteiger partial charge in [-0.05, 0) is 38.0 Å². The van der Waals surface area contributed by atoms with E-state index < -0.39 is 5.97 Å². The third-order valence-corrected chi connectivity index (χ3v) is 4.46. The zero-order valence-electron chi connectivity index (χ0n) is 11.6. The fourth-order valence-electron chi connectivity index (χ4n) is 3.28. The molecule has 2 aliphatic rings. The second-order valence-electron chi connectivity index (χ2n) is 6.03. The first-order chi connectivity index (χ1) is 9.06. The molecule has 2 fully saturated rings. The van der Waals surface area contributed by atoms with E-state index in [0.717, 1.165) is 13.0 Å². The van der Waals surface area contributed by atoms with E-state index in [0.29, 0.717) is 18.8 Å². The molecule has 0 radical (unpaired) electrons. The first-order valence-electron chi connectivity index (χ1n) is 7.30. The van der Waals surface area contributed by atoms with Crippen molar-refractivity contribution in [3.63, 3.8) is 0 Å². The quantitative estimate of drug-likeness (QED) is 0.820. The minimum atomic E-state index is -0.740. The number of nitrogens with one attached hydrogen (secondary N) is 1. The molecule has 5 heteroatoms. The number of carbonyl (C=O) groups is 2. The molecule has 0 spiro atoms. The minimum Gasteiger partial charge on any atom is -0.481 e. The topological polar surface area (TPSA) is 69.6 Å². The first kappa shape index (κ1) is 14.2.